The number of hydrogen-bond donors (Lipinski definition) is 16. The Hall–Kier alpha value is -8.07. The maximum Gasteiger partial charge on any atom is 0.322 e. The molecule has 0 aliphatic carbocycles. The molecule has 2 aromatic carbocycles. The number of aliphatic carboxylic acids is 2. The number of carboxylic acids is 2. The summed E-state index contributed by atoms with van der Waals surface area (Å²) < 4.78 is 0. The summed E-state index contributed by atoms with van der Waals surface area (Å²) in [6.07, 6.45) is 0.284. The van der Waals surface area contributed by atoms with Gasteiger partial charge in [-0.05, 0) is 90.2 Å². The highest BCUT2D eigenvalue weighted by Gasteiger charge is 2.34. The van der Waals surface area contributed by atoms with Crippen LogP contribution in [0.4, 0.5) is 0 Å². The summed E-state index contributed by atoms with van der Waals surface area (Å²) in [6, 6.07) is -1.12. The van der Waals surface area contributed by atoms with Crippen LogP contribution in [0.15, 0.2) is 42.5 Å². The van der Waals surface area contributed by atoms with Crippen molar-refractivity contribution >= 4 is 65.1 Å². The fourth-order valence-electron chi connectivity index (χ4n) is 7.91. The third kappa shape index (κ3) is 24.7. The average molecular weight is 1130 g/mol. The fraction of sp³-hybridized carbons (Fsp3) is 0.566. The van der Waals surface area contributed by atoms with Crippen LogP contribution >= 0.6 is 0 Å². The molecule has 0 saturated carbocycles. The van der Waals surface area contributed by atoms with Gasteiger partial charge >= 0.3 is 11.9 Å². The zero-order valence-electron chi connectivity index (χ0n) is 46.5. The van der Waals surface area contributed by atoms with E-state index in [9.17, 15) is 73.2 Å². The van der Waals surface area contributed by atoms with Crippen molar-refractivity contribution in [3.05, 3.63) is 53.6 Å². The Labute approximate surface area is 464 Å². The molecule has 2 aromatic rings. The van der Waals surface area contributed by atoms with Crippen molar-refractivity contribution in [3.8, 4) is 17.2 Å². The topological polar surface area (TPSA) is 435 Å². The Balaban J connectivity index is 2.12. The van der Waals surface area contributed by atoms with E-state index in [-0.39, 0.29) is 73.4 Å². The Kier molecular flexibility index (Phi) is 29.0. The quantitative estimate of drug-likeness (QED) is 0.0346. The summed E-state index contributed by atoms with van der Waals surface area (Å²) >= 11 is 0. The van der Waals surface area contributed by atoms with E-state index < -0.39 is 132 Å². The molecule has 0 aliphatic rings. The van der Waals surface area contributed by atoms with Gasteiger partial charge in [0.25, 0.3) is 0 Å². The number of hydrogen-bond acceptors (Lipinski definition) is 16. The molecule has 0 radical (unpaired) electrons. The minimum absolute atomic E-state index is 0.00991. The lowest BCUT2D eigenvalue weighted by molar-refractivity contribution is -0.141. The second-order valence-electron chi connectivity index (χ2n) is 20.3. The number of carbonyl (C=O) groups is 11. The summed E-state index contributed by atoms with van der Waals surface area (Å²) in [7, 11) is 0. The predicted octanol–water partition coefficient (Wildman–Crippen LogP) is -1.60. The van der Waals surface area contributed by atoms with Crippen LogP contribution in [0.1, 0.15) is 105 Å². The van der Waals surface area contributed by atoms with Crippen LogP contribution in [-0.4, -0.2) is 165 Å². The van der Waals surface area contributed by atoms with Gasteiger partial charge in [0, 0.05) is 30.7 Å². The zero-order chi connectivity index (χ0) is 60.4. The highest BCUT2D eigenvalue weighted by atomic mass is 16.4. The maximum atomic E-state index is 13.7. The number of amides is 9. The summed E-state index contributed by atoms with van der Waals surface area (Å²) in [5.41, 5.74) is 6.44. The smallest absolute Gasteiger partial charge is 0.322 e. The first-order valence-corrected chi connectivity index (χ1v) is 26.4. The third-order valence-electron chi connectivity index (χ3n) is 12.2. The molecule has 27 nitrogen and oxygen atoms in total. The van der Waals surface area contributed by atoms with Crippen molar-refractivity contribution in [1.29, 1.82) is 0 Å². The van der Waals surface area contributed by atoms with E-state index >= 15 is 0 Å². The SMILES string of the molecule is CC(C)C[C@H](NCCc1c(O)cc(O)cc1O)C(=O)N[C@@H](C)C(=O)N[C@@H](CC(C)C)C(=O)N[C@@H](C)C(=O)N[C@@H](CCCCN)C(=O)N[C@@H](C)C(=O)N[C@@H](CC(=O)O)C(=O)N[C@@H](C)C(=O)N[C@@H](Cc1ccccc1)C(=O)NCC(=O)O. The van der Waals surface area contributed by atoms with Crippen LogP contribution in [0.5, 0.6) is 17.2 Å². The molecule has 444 valence electrons. The van der Waals surface area contributed by atoms with Crippen molar-refractivity contribution in [3.63, 3.8) is 0 Å². The first kappa shape index (κ1) is 68.0. The Morgan fingerprint density at radius 2 is 0.912 bits per heavy atom. The minimum atomic E-state index is -1.79. The van der Waals surface area contributed by atoms with Gasteiger partial charge in [-0.1, -0.05) is 58.0 Å². The van der Waals surface area contributed by atoms with E-state index in [1.54, 1.807) is 44.2 Å². The van der Waals surface area contributed by atoms with E-state index in [2.05, 4.69) is 53.2 Å². The average Bonchev–Trinajstić information content (AvgIpc) is 3.36. The fourth-order valence-corrected chi connectivity index (χ4v) is 7.91. The maximum absolute atomic E-state index is 13.7. The Morgan fingerprint density at radius 1 is 0.487 bits per heavy atom. The number of phenolic OH excluding ortho intramolecular Hbond substituents is 3. The molecule has 9 amide bonds. The standard InChI is InChI=1S/C53H81N11O16/c1-27(2)20-37(55-19-17-35-41(66)23-34(65)24-42(35)67)51(78)58-31(7)46(73)62-38(21-28(3)4)52(79)59-29(5)45(72)61-36(16-12-13-18-54)50(77)57-30(6)48(75)64-40(25-43(68)69)53(80)60-32(8)47(74)63-39(49(76)56-26-44(70)71)22-33-14-10-9-11-15-33/h9-11,14-15,23-24,27-32,36-40,55,65-67H,12-13,16-22,25-26,54H2,1-8H3,(H,56,76)(H,57,77)(H,58,78)(H,59,79)(H,60,80)(H,61,72)(H,62,73)(H,63,74)(H,64,75)(H,68,69)(H,70,71)/t29-,30-,31-,32-,36-,37-,38-,39-,40-/m0/s1. The number of phenols is 3. The summed E-state index contributed by atoms with van der Waals surface area (Å²) in [4.78, 5) is 144. The summed E-state index contributed by atoms with van der Waals surface area (Å²) in [5, 5.41) is 73.7. The number of carbonyl (C=O) groups excluding carboxylic acids is 9. The van der Waals surface area contributed by atoms with Gasteiger partial charge in [0.1, 0.15) is 72.1 Å². The minimum Gasteiger partial charge on any atom is -0.508 e. The Morgan fingerprint density at radius 3 is 1.38 bits per heavy atom. The second-order valence-corrected chi connectivity index (χ2v) is 20.3. The number of benzene rings is 2. The van der Waals surface area contributed by atoms with Crippen molar-refractivity contribution in [2.45, 2.75) is 161 Å². The van der Waals surface area contributed by atoms with Crippen molar-refractivity contribution in [2.24, 2.45) is 17.6 Å². The molecule has 80 heavy (non-hydrogen) atoms. The number of nitrogens with two attached hydrogens (primary N) is 1. The van der Waals surface area contributed by atoms with Crippen LogP contribution in [0.25, 0.3) is 0 Å². The molecule has 0 heterocycles. The number of aromatic hydroxyl groups is 3. The molecule has 0 aromatic heterocycles. The molecule has 0 spiro atoms. The van der Waals surface area contributed by atoms with Crippen LogP contribution in [0, 0.1) is 11.8 Å². The van der Waals surface area contributed by atoms with Crippen LogP contribution in [0.3, 0.4) is 0 Å². The predicted molar refractivity (Wildman–Crippen MR) is 290 cm³/mol. The van der Waals surface area contributed by atoms with Gasteiger partial charge < -0.3 is 84.4 Å². The van der Waals surface area contributed by atoms with E-state index in [0.29, 0.717) is 24.8 Å². The summed E-state index contributed by atoms with van der Waals surface area (Å²) in [5.74, 6) is -11.6. The highest BCUT2D eigenvalue weighted by molar-refractivity contribution is 5.99. The van der Waals surface area contributed by atoms with E-state index in [0.717, 1.165) is 12.1 Å². The number of rotatable bonds is 35. The molecule has 27 heteroatoms. The van der Waals surface area contributed by atoms with Gasteiger partial charge in [-0.15, -0.1) is 0 Å². The second kappa shape index (κ2) is 34.0. The van der Waals surface area contributed by atoms with Crippen molar-refractivity contribution in [1.82, 2.24) is 53.2 Å². The molecule has 0 fully saturated rings. The lowest BCUT2D eigenvalue weighted by Gasteiger charge is -2.27. The number of nitrogens with one attached hydrogen (secondary N) is 10. The molecule has 9 atom stereocenters. The molecular formula is C53H81N11O16. The lowest BCUT2D eigenvalue weighted by Crippen LogP contribution is -2.59. The van der Waals surface area contributed by atoms with Crippen LogP contribution in [-0.2, 0) is 65.6 Å². The van der Waals surface area contributed by atoms with Gasteiger partial charge in [0.05, 0.1) is 12.5 Å². The highest BCUT2D eigenvalue weighted by Crippen LogP contribution is 2.32. The first-order valence-electron chi connectivity index (χ1n) is 26.4. The number of unbranched alkanes of at least 4 members (excludes halogenated alkanes) is 1. The van der Waals surface area contributed by atoms with Gasteiger partial charge in [-0.2, -0.15) is 0 Å². The third-order valence-corrected chi connectivity index (χ3v) is 12.2. The first-order chi connectivity index (χ1) is 37.5. The van der Waals surface area contributed by atoms with Crippen LogP contribution in [0.2, 0.25) is 0 Å². The summed E-state index contributed by atoms with van der Waals surface area (Å²) in [6.45, 7) is 12.2. The normalized spacial score (nSPS) is 14.5. The number of carboxylic acid groups (broad SMARTS) is 2. The molecule has 0 aliphatic heterocycles. The van der Waals surface area contributed by atoms with Gasteiger partial charge in [0.2, 0.25) is 53.2 Å². The van der Waals surface area contributed by atoms with Gasteiger partial charge in [-0.3, -0.25) is 52.7 Å². The lowest BCUT2D eigenvalue weighted by atomic mass is 10.0. The molecule has 2 rings (SSSR count). The van der Waals surface area contributed by atoms with Crippen molar-refractivity contribution in [2.75, 3.05) is 19.6 Å². The van der Waals surface area contributed by atoms with E-state index in [1.165, 1.54) is 27.7 Å². The molecule has 17 N–H and O–H groups in total. The molecule has 0 unspecified atom stereocenters. The Bertz CT molecular complexity index is 2440. The monoisotopic (exact) mass is 1130 g/mol. The van der Waals surface area contributed by atoms with Crippen molar-refractivity contribution < 1.29 is 78.3 Å². The zero-order valence-corrected chi connectivity index (χ0v) is 46.5. The van der Waals surface area contributed by atoms with E-state index in [4.69, 9.17) is 10.8 Å². The molecular weight excluding hydrogens is 1050 g/mol. The van der Waals surface area contributed by atoms with Gasteiger partial charge in [-0.25, -0.2) is 0 Å². The molecule has 0 bridgehead atoms. The van der Waals surface area contributed by atoms with E-state index in [1.807, 2.05) is 13.8 Å². The van der Waals surface area contributed by atoms with Gasteiger partial charge in [0.15, 0.2) is 0 Å². The van der Waals surface area contributed by atoms with Crippen LogP contribution < -0.4 is 58.9 Å². The molecule has 0 saturated heterocycles. The largest absolute Gasteiger partial charge is 0.508 e.